The molecule has 0 spiro atoms. The van der Waals surface area contributed by atoms with Gasteiger partial charge < -0.3 is 10.1 Å². The Labute approximate surface area is 121 Å². The molecule has 1 N–H and O–H groups in total. The third-order valence-corrected chi connectivity index (χ3v) is 3.00. The lowest BCUT2D eigenvalue weighted by Crippen LogP contribution is -2.05. The number of nitrogens with one attached hydrogen (secondary N) is 1. The quantitative estimate of drug-likeness (QED) is 0.905. The molecule has 0 amide bonds. The molecule has 3 nitrogen and oxygen atoms in total. The van der Waals surface area contributed by atoms with E-state index in [9.17, 15) is 4.39 Å². The number of nitrogens with zero attached hydrogens (tertiary/aromatic N) is 1. The molecule has 20 heavy (non-hydrogen) atoms. The Morgan fingerprint density at radius 3 is 2.75 bits per heavy atom. The summed E-state index contributed by atoms with van der Waals surface area (Å²) in [7, 11) is 0. The molecule has 0 aliphatic heterocycles. The lowest BCUT2D eigenvalue weighted by atomic mass is 10.2. The van der Waals surface area contributed by atoms with Crippen LogP contribution in [0.1, 0.15) is 5.56 Å². The van der Waals surface area contributed by atoms with E-state index in [1.807, 2.05) is 24.3 Å². The minimum Gasteiger partial charge on any atom is -0.478 e. The Kier molecular flexibility index (Phi) is 4.80. The third-order valence-electron chi connectivity index (χ3n) is 2.68. The van der Waals surface area contributed by atoms with Crippen LogP contribution >= 0.6 is 11.6 Å². The van der Waals surface area contributed by atoms with E-state index in [1.54, 1.807) is 18.2 Å². The zero-order valence-electron chi connectivity index (χ0n) is 10.6. The van der Waals surface area contributed by atoms with Crippen molar-refractivity contribution in [1.82, 2.24) is 0 Å². The van der Waals surface area contributed by atoms with Gasteiger partial charge in [-0.2, -0.15) is 5.26 Å². The van der Waals surface area contributed by atoms with E-state index in [0.717, 1.165) is 5.56 Å². The van der Waals surface area contributed by atoms with Gasteiger partial charge in [0.25, 0.3) is 0 Å². The first-order chi connectivity index (χ1) is 9.72. The molecule has 102 valence electrons. The van der Waals surface area contributed by atoms with Gasteiger partial charge in [-0.05, 0) is 18.2 Å². The van der Waals surface area contributed by atoms with Crippen LogP contribution in [0, 0.1) is 17.1 Å². The molecule has 0 aliphatic carbocycles. The number of halogens is 2. The summed E-state index contributed by atoms with van der Waals surface area (Å²) in [5.41, 5.74) is 1.08. The predicted octanol–water partition coefficient (Wildman–Crippen LogP) is 3.99. The Morgan fingerprint density at radius 2 is 2.00 bits per heavy atom. The Hall–Kier alpha value is -2.25. The lowest BCUT2D eigenvalue weighted by molar-refractivity contribution is 0.364. The summed E-state index contributed by atoms with van der Waals surface area (Å²) in [6.07, 6.45) is 0. The van der Waals surface area contributed by atoms with Crippen LogP contribution in [0.5, 0.6) is 5.75 Å². The van der Waals surface area contributed by atoms with Crippen molar-refractivity contribution in [3.63, 3.8) is 0 Å². The van der Waals surface area contributed by atoms with Gasteiger partial charge in [-0.3, -0.25) is 0 Å². The van der Waals surface area contributed by atoms with Crippen LogP contribution in [0.25, 0.3) is 0 Å². The summed E-state index contributed by atoms with van der Waals surface area (Å²) in [6, 6.07) is 13.7. The SMILES string of the molecule is N#CCOc1ccccc1CNc1c(F)cccc1Cl. The van der Waals surface area contributed by atoms with Gasteiger partial charge in [0.15, 0.2) is 6.61 Å². The van der Waals surface area contributed by atoms with Crippen LogP contribution in [-0.2, 0) is 6.54 Å². The maximum Gasteiger partial charge on any atom is 0.174 e. The van der Waals surface area contributed by atoms with E-state index < -0.39 is 5.82 Å². The van der Waals surface area contributed by atoms with Crippen LogP contribution < -0.4 is 10.1 Å². The summed E-state index contributed by atoms with van der Waals surface area (Å²) in [5, 5.41) is 11.8. The average molecular weight is 291 g/mol. The zero-order valence-corrected chi connectivity index (χ0v) is 11.3. The number of hydrogen-bond acceptors (Lipinski definition) is 3. The monoisotopic (exact) mass is 290 g/mol. The summed E-state index contributed by atoms with van der Waals surface area (Å²) < 4.78 is 18.9. The minimum atomic E-state index is -0.409. The predicted molar refractivity (Wildman–Crippen MR) is 76.3 cm³/mol. The molecule has 0 unspecified atom stereocenters. The molecule has 0 aromatic heterocycles. The van der Waals surface area contributed by atoms with Gasteiger partial charge in [-0.1, -0.05) is 35.9 Å². The maximum atomic E-state index is 13.6. The third kappa shape index (κ3) is 3.40. The highest BCUT2D eigenvalue weighted by Crippen LogP contribution is 2.26. The molecule has 0 aliphatic rings. The second-order valence-electron chi connectivity index (χ2n) is 4.00. The van der Waals surface area contributed by atoms with Gasteiger partial charge in [-0.15, -0.1) is 0 Å². The number of ether oxygens (including phenoxy) is 1. The highest BCUT2D eigenvalue weighted by molar-refractivity contribution is 6.33. The van der Waals surface area contributed by atoms with Gasteiger partial charge in [0.05, 0.1) is 10.7 Å². The molecule has 0 saturated carbocycles. The van der Waals surface area contributed by atoms with Crippen molar-refractivity contribution < 1.29 is 9.13 Å². The minimum absolute atomic E-state index is 0.0303. The molecule has 0 atom stereocenters. The summed E-state index contributed by atoms with van der Waals surface area (Å²) in [4.78, 5) is 0. The average Bonchev–Trinajstić information content (AvgIpc) is 2.45. The molecule has 0 bridgehead atoms. The van der Waals surface area contributed by atoms with E-state index in [2.05, 4.69) is 5.32 Å². The van der Waals surface area contributed by atoms with Gasteiger partial charge in [-0.25, -0.2) is 4.39 Å². The molecule has 0 fully saturated rings. The normalized spacial score (nSPS) is 9.85. The Balaban J connectivity index is 2.13. The van der Waals surface area contributed by atoms with Crippen molar-refractivity contribution in [3.8, 4) is 11.8 Å². The number of hydrogen-bond donors (Lipinski definition) is 1. The van der Waals surface area contributed by atoms with Crippen molar-refractivity contribution in [2.75, 3.05) is 11.9 Å². The first-order valence-electron chi connectivity index (χ1n) is 5.98. The lowest BCUT2D eigenvalue weighted by Gasteiger charge is -2.12. The molecule has 0 saturated heterocycles. The molecule has 5 heteroatoms. The van der Waals surface area contributed by atoms with Gasteiger partial charge in [0.2, 0.25) is 0 Å². The van der Waals surface area contributed by atoms with E-state index in [4.69, 9.17) is 21.6 Å². The largest absolute Gasteiger partial charge is 0.478 e. The standard InChI is InChI=1S/C15H12ClFN2O/c16-12-5-3-6-13(17)15(12)19-10-11-4-1-2-7-14(11)20-9-8-18/h1-7,19H,9-10H2. The number of benzene rings is 2. The smallest absolute Gasteiger partial charge is 0.174 e. The number of anilines is 1. The number of rotatable bonds is 5. The topological polar surface area (TPSA) is 45.0 Å². The van der Waals surface area contributed by atoms with Gasteiger partial charge in [0.1, 0.15) is 17.6 Å². The molecule has 2 aromatic carbocycles. The first-order valence-corrected chi connectivity index (χ1v) is 6.35. The zero-order chi connectivity index (χ0) is 14.4. The van der Waals surface area contributed by atoms with E-state index in [1.165, 1.54) is 6.07 Å². The fourth-order valence-electron chi connectivity index (χ4n) is 1.75. The van der Waals surface area contributed by atoms with E-state index in [-0.39, 0.29) is 12.3 Å². The summed E-state index contributed by atoms with van der Waals surface area (Å²) in [5.74, 6) is 0.182. The van der Waals surface area contributed by atoms with Crippen molar-refractivity contribution in [3.05, 3.63) is 58.9 Å². The van der Waals surface area contributed by atoms with Crippen LogP contribution in [0.2, 0.25) is 5.02 Å². The number of nitriles is 1. The van der Waals surface area contributed by atoms with Crippen molar-refractivity contribution in [2.24, 2.45) is 0 Å². The Morgan fingerprint density at radius 1 is 1.20 bits per heavy atom. The Bertz CT molecular complexity index is 620. The van der Waals surface area contributed by atoms with Crippen molar-refractivity contribution in [2.45, 2.75) is 6.54 Å². The van der Waals surface area contributed by atoms with Crippen molar-refractivity contribution in [1.29, 1.82) is 5.26 Å². The molecular formula is C15H12ClFN2O. The first kappa shape index (κ1) is 14.2. The number of para-hydroxylation sites is 2. The molecule has 0 radical (unpaired) electrons. The maximum absolute atomic E-state index is 13.6. The highest BCUT2D eigenvalue weighted by Gasteiger charge is 2.08. The molecule has 2 aromatic rings. The van der Waals surface area contributed by atoms with E-state index >= 15 is 0 Å². The fourth-order valence-corrected chi connectivity index (χ4v) is 1.98. The van der Waals surface area contributed by atoms with Crippen LogP contribution in [0.4, 0.5) is 10.1 Å². The fraction of sp³-hybridized carbons (Fsp3) is 0.133. The molecule has 0 heterocycles. The van der Waals surface area contributed by atoms with Crippen molar-refractivity contribution >= 4 is 17.3 Å². The summed E-state index contributed by atoms with van der Waals surface area (Å²) in [6.45, 7) is 0.319. The van der Waals surface area contributed by atoms with E-state index in [0.29, 0.717) is 17.3 Å². The van der Waals surface area contributed by atoms with Gasteiger partial charge in [0, 0.05) is 12.1 Å². The molecular weight excluding hydrogens is 279 g/mol. The second kappa shape index (κ2) is 6.78. The summed E-state index contributed by atoms with van der Waals surface area (Å²) >= 11 is 5.94. The second-order valence-corrected chi connectivity index (χ2v) is 4.41. The highest BCUT2D eigenvalue weighted by atomic mass is 35.5. The van der Waals surface area contributed by atoms with Crippen LogP contribution in [0.3, 0.4) is 0 Å². The van der Waals surface area contributed by atoms with Crippen LogP contribution in [0.15, 0.2) is 42.5 Å². The van der Waals surface area contributed by atoms with Gasteiger partial charge >= 0.3 is 0 Å². The van der Waals surface area contributed by atoms with Crippen LogP contribution in [-0.4, -0.2) is 6.61 Å². The molecule has 2 rings (SSSR count).